The van der Waals surface area contributed by atoms with Gasteiger partial charge in [0.1, 0.15) is 11.5 Å². The van der Waals surface area contributed by atoms with Crippen molar-refractivity contribution in [1.82, 2.24) is 9.97 Å². The van der Waals surface area contributed by atoms with Crippen LogP contribution < -0.4 is 14.9 Å². The molecule has 2 aromatic heterocycles. The highest BCUT2D eigenvalue weighted by Crippen LogP contribution is 2.25. The maximum absolute atomic E-state index is 13.3. The lowest BCUT2D eigenvalue weighted by molar-refractivity contribution is -0.0893. The summed E-state index contributed by atoms with van der Waals surface area (Å²) in [5.74, 6) is -0.700. The van der Waals surface area contributed by atoms with Gasteiger partial charge in [0.2, 0.25) is 0 Å². The molecule has 0 spiro atoms. The van der Waals surface area contributed by atoms with E-state index in [9.17, 15) is 14.7 Å². The minimum atomic E-state index is -1.18. The molecule has 0 aliphatic rings. The predicted octanol–water partition coefficient (Wildman–Crippen LogP) is 6.06. The number of benzene rings is 3. The molecule has 0 aliphatic heterocycles. The second-order valence-electron chi connectivity index (χ2n) is 11.4. The molecular weight excluding hydrogens is 567 g/mol. The minimum Gasteiger partial charge on any atom is -0.427 e. The molecule has 1 radical (unpaired) electrons. The largest absolute Gasteiger partial charge is 0.427 e. The van der Waals surface area contributed by atoms with Gasteiger partial charge in [0, 0.05) is 23.5 Å². The van der Waals surface area contributed by atoms with E-state index in [4.69, 9.17) is 14.1 Å². The highest BCUT2D eigenvalue weighted by Gasteiger charge is 2.36. The molecule has 0 bridgehead atoms. The van der Waals surface area contributed by atoms with Crippen molar-refractivity contribution >= 4 is 24.9 Å². The molecule has 0 saturated heterocycles. The lowest BCUT2D eigenvalue weighted by atomic mass is 9.81. The molecule has 0 aliphatic carbocycles. The SMILES string of the molecule is CC(C)(O)C(C)(C)O[B]c1cc(C(=O)Oc2ccc(-c3ccccn3)cc2)cc(C(=O)Oc2ccc(-c3ccccn3)cc2)c1. The fourth-order valence-electron chi connectivity index (χ4n) is 4.10. The number of ether oxygens (including phenoxy) is 2. The first-order valence-corrected chi connectivity index (χ1v) is 14.3. The Balaban J connectivity index is 1.37. The molecule has 0 unspecified atom stereocenters. The summed E-state index contributed by atoms with van der Waals surface area (Å²) in [4.78, 5) is 35.3. The van der Waals surface area contributed by atoms with Crippen LogP contribution in [-0.4, -0.2) is 45.7 Å². The van der Waals surface area contributed by atoms with Crippen LogP contribution in [0.2, 0.25) is 0 Å². The highest BCUT2D eigenvalue weighted by molar-refractivity contribution is 6.47. The van der Waals surface area contributed by atoms with Crippen LogP contribution in [0, 0.1) is 0 Å². The lowest BCUT2D eigenvalue weighted by Gasteiger charge is -2.37. The van der Waals surface area contributed by atoms with E-state index in [1.54, 1.807) is 76.5 Å². The van der Waals surface area contributed by atoms with Gasteiger partial charge >= 0.3 is 19.4 Å². The van der Waals surface area contributed by atoms with Gasteiger partial charge in [0.15, 0.2) is 0 Å². The van der Waals surface area contributed by atoms with Crippen LogP contribution in [0.3, 0.4) is 0 Å². The first-order chi connectivity index (χ1) is 21.5. The van der Waals surface area contributed by atoms with Gasteiger partial charge in [-0.05, 0) is 107 Å². The summed E-state index contributed by atoms with van der Waals surface area (Å²) in [5, 5.41) is 10.5. The van der Waals surface area contributed by atoms with Gasteiger partial charge in [-0.15, -0.1) is 0 Å². The van der Waals surface area contributed by atoms with Crippen LogP contribution in [0.5, 0.6) is 11.5 Å². The molecule has 0 atom stereocenters. The molecule has 225 valence electrons. The van der Waals surface area contributed by atoms with Gasteiger partial charge in [-0.2, -0.15) is 0 Å². The van der Waals surface area contributed by atoms with Gasteiger partial charge < -0.3 is 19.2 Å². The van der Waals surface area contributed by atoms with Crippen molar-refractivity contribution in [1.29, 1.82) is 0 Å². The Morgan fingerprint density at radius 3 is 1.47 bits per heavy atom. The molecule has 8 nitrogen and oxygen atoms in total. The smallest absolute Gasteiger partial charge is 0.343 e. The van der Waals surface area contributed by atoms with E-state index in [0.717, 1.165) is 22.5 Å². The first kappa shape index (κ1) is 31.3. The third-order valence-corrected chi connectivity index (χ3v) is 7.44. The van der Waals surface area contributed by atoms with E-state index in [1.165, 1.54) is 13.5 Å². The monoisotopic (exact) mass is 599 g/mol. The summed E-state index contributed by atoms with van der Waals surface area (Å²) in [5.41, 5.74) is 1.81. The highest BCUT2D eigenvalue weighted by atomic mass is 16.5. The summed E-state index contributed by atoms with van der Waals surface area (Å²) in [6.07, 6.45) is 3.42. The van der Waals surface area contributed by atoms with Crippen LogP contribution in [0.15, 0.2) is 116 Å². The first-order valence-electron chi connectivity index (χ1n) is 14.3. The van der Waals surface area contributed by atoms with E-state index in [0.29, 0.717) is 17.0 Å². The summed E-state index contributed by atoms with van der Waals surface area (Å²) >= 11 is 0. The van der Waals surface area contributed by atoms with Crippen molar-refractivity contribution in [3.8, 4) is 34.0 Å². The molecule has 9 heteroatoms. The fourth-order valence-corrected chi connectivity index (χ4v) is 4.10. The Labute approximate surface area is 262 Å². The molecular formula is C36H32BN2O6. The Hall–Kier alpha value is -5.12. The average Bonchev–Trinajstić information content (AvgIpc) is 3.04. The van der Waals surface area contributed by atoms with E-state index >= 15 is 0 Å². The standard InChI is InChI=1S/C36H32BN2O6/c1-35(2,42)36(3,4)45-37-28-22-26(33(40)43-29-15-11-24(12-16-29)31-9-5-7-19-38-31)21-27(23-28)34(41)44-30-17-13-25(14-18-30)32-10-6-8-20-39-32/h5-23,42H,1-4H3. The van der Waals surface area contributed by atoms with Crippen molar-refractivity contribution in [2.75, 3.05) is 0 Å². The number of hydrogen-bond donors (Lipinski definition) is 1. The normalized spacial score (nSPS) is 11.5. The Bertz CT molecular complexity index is 1650. The van der Waals surface area contributed by atoms with E-state index in [-0.39, 0.29) is 11.1 Å². The average molecular weight is 599 g/mol. The summed E-state index contributed by atoms with van der Waals surface area (Å²) < 4.78 is 17.2. The molecule has 0 fully saturated rings. The Morgan fingerprint density at radius 2 is 1.09 bits per heavy atom. The van der Waals surface area contributed by atoms with Crippen LogP contribution >= 0.6 is 0 Å². The van der Waals surface area contributed by atoms with Crippen LogP contribution in [-0.2, 0) is 4.65 Å². The molecule has 1 N–H and O–H groups in total. The minimum absolute atomic E-state index is 0.111. The van der Waals surface area contributed by atoms with Crippen molar-refractivity contribution in [3.05, 3.63) is 127 Å². The van der Waals surface area contributed by atoms with E-state index in [1.807, 2.05) is 60.7 Å². The second-order valence-corrected chi connectivity index (χ2v) is 11.4. The number of aromatic nitrogens is 2. The van der Waals surface area contributed by atoms with Crippen LogP contribution in [0.25, 0.3) is 22.5 Å². The number of aliphatic hydroxyl groups is 1. The van der Waals surface area contributed by atoms with Crippen molar-refractivity contribution in [2.24, 2.45) is 0 Å². The maximum atomic E-state index is 13.3. The lowest BCUT2D eigenvalue weighted by Crippen LogP contribution is -2.49. The molecule has 0 saturated carbocycles. The number of rotatable bonds is 10. The molecule has 45 heavy (non-hydrogen) atoms. The fraction of sp³-hybridized carbons (Fsp3) is 0.167. The van der Waals surface area contributed by atoms with Crippen molar-refractivity contribution in [2.45, 2.75) is 38.9 Å². The van der Waals surface area contributed by atoms with Gasteiger partial charge in [-0.3, -0.25) is 9.97 Å². The Morgan fingerprint density at radius 1 is 0.644 bits per heavy atom. The molecule has 5 aromatic rings. The number of carbonyl (C=O) groups excluding carboxylic acids is 2. The zero-order valence-corrected chi connectivity index (χ0v) is 25.4. The number of esters is 2. The molecule has 0 amide bonds. The van der Waals surface area contributed by atoms with Gasteiger partial charge in [0.25, 0.3) is 0 Å². The van der Waals surface area contributed by atoms with E-state index in [2.05, 4.69) is 9.97 Å². The molecule has 5 rings (SSSR count). The number of nitrogens with zero attached hydrogens (tertiary/aromatic N) is 2. The zero-order chi connectivity index (χ0) is 32.0. The van der Waals surface area contributed by atoms with Gasteiger partial charge in [-0.1, -0.05) is 29.7 Å². The third kappa shape index (κ3) is 7.89. The number of hydrogen-bond acceptors (Lipinski definition) is 8. The van der Waals surface area contributed by atoms with Crippen LogP contribution in [0.4, 0.5) is 0 Å². The number of carbonyl (C=O) groups is 2. The van der Waals surface area contributed by atoms with Gasteiger partial charge in [-0.25, -0.2) is 9.59 Å². The zero-order valence-electron chi connectivity index (χ0n) is 25.4. The quantitative estimate of drug-likeness (QED) is 0.117. The maximum Gasteiger partial charge on any atom is 0.343 e. The molecule has 2 heterocycles. The van der Waals surface area contributed by atoms with Crippen LogP contribution in [0.1, 0.15) is 48.4 Å². The van der Waals surface area contributed by atoms with E-state index < -0.39 is 23.1 Å². The topological polar surface area (TPSA) is 108 Å². The van der Waals surface area contributed by atoms with Gasteiger partial charge in [0.05, 0.1) is 33.7 Å². The summed E-state index contributed by atoms with van der Waals surface area (Å²) in [7, 11) is 1.40. The Kier molecular flexibility index (Phi) is 9.22. The third-order valence-electron chi connectivity index (χ3n) is 7.44. The number of pyridine rings is 2. The predicted molar refractivity (Wildman–Crippen MR) is 173 cm³/mol. The second kappa shape index (κ2) is 13.3. The summed E-state index contributed by atoms with van der Waals surface area (Å²) in [6, 6.07) is 29.7. The van der Waals surface area contributed by atoms with Crippen molar-refractivity contribution in [3.63, 3.8) is 0 Å². The summed E-state index contributed by atoms with van der Waals surface area (Å²) in [6.45, 7) is 6.74. The van der Waals surface area contributed by atoms with Crippen molar-refractivity contribution < 1.29 is 28.8 Å². The molecule has 3 aromatic carbocycles.